The van der Waals surface area contributed by atoms with E-state index in [0.717, 1.165) is 48.6 Å². The predicted octanol–water partition coefficient (Wildman–Crippen LogP) is 3.80. The summed E-state index contributed by atoms with van der Waals surface area (Å²) in [7, 11) is 0. The van der Waals surface area contributed by atoms with Crippen molar-refractivity contribution in [2.75, 3.05) is 5.73 Å². The molecule has 0 bridgehead atoms. The quantitative estimate of drug-likeness (QED) is 0.791. The summed E-state index contributed by atoms with van der Waals surface area (Å²) < 4.78 is 10.9. The number of nitrogens with zero attached hydrogens (tertiary/aromatic N) is 2. The summed E-state index contributed by atoms with van der Waals surface area (Å²) in [5.41, 5.74) is 10.3. The maximum Gasteiger partial charge on any atom is 0.220 e. The fourth-order valence-electron chi connectivity index (χ4n) is 3.23. The number of hydrogen-bond donors (Lipinski definition) is 1. The summed E-state index contributed by atoms with van der Waals surface area (Å²) in [6.07, 6.45) is 10.1. The molecule has 0 unspecified atom stereocenters. The Hall–Kier alpha value is -2.82. The lowest BCUT2D eigenvalue weighted by atomic mass is 9.89. The van der Waals surface area contributed by atoms with Crippen molar-refractivity contribution >= 4 is 11.5 Å². The molecule has 0 radical (unpaired) electrons. The Bertz CT molecular complexity index is 849. The predicted molar refractivity (Wildman–Crippen MR) is 91.3 cm³/mol. The molecule has 0 amide bonds. The Morgan fingerprint density at radius 2 is 1.83 bits per heavy atom. The minimum atomic E-state index is 0.320. The van der Waals surface area contributed by atoms with E-state index in [1.54, 1.807) is 12.5 Å². The van der Waals surface area contributed by atoms with Crippen LogP contribution in [0.25, 0.3) is 5.57 Å². The second-order valence-electron chi connectivity index (χ2n) is 5.98. The van der Waals surface area contributed by atoms with E-state index in [9.17, 15) is 0 Å². The van der Waals surface area contributed by atoms with E-state index in [0.29, 0.717) is 12.4 Å². The van der Waals surface area contributed by atoms with Gasteiger partial charge in [-0.1, -0.05) is 6.08 Å². The van der Waals surface area contributed by atoms with Crippen molar-refractivity contribution in [2.24, 2.45) is 0 Å². The minimum Gasteiger partial charge on any atom is -0.469 e. The fourth-order valence-corrected chi connectivity index (χ4v) is 3.23. The zero-order chi connectivity index (χ0) is 16.4. The summed E-state index contributed by atoms with van der Waals surface area (Å²) >= 11 is 0. The summed E-state index contributed by atoms with van der Waals surface area (Å²) in [5, 5.41) is 0. The van der Waals surface area contributed by atoms with Crippen LogP contribution in [-0.4, -0.2) is 9.97 Å². The van der Waals surface area contributed by atoms with Gasteiger partial charge in [0.25, 0.3) is 0 Å². The van der Waals surface area contributed by atoms with Crippen molar-refractivity contribution in [2.45, 2.75) is 32.1 Å². The Morgan fingerprint density at radius 1 is 1.04 bits per heavy atom. The van der Waals surface area contributed by atoms with Crippen LogP contribution in [0.15, 0.2) is 51.7 Å². The first-order valence-corrected chi connectivity index (χ1v) is 8.19. The molecule has 1 aliphatic rings. The molecule has 0 spiro atoms. The highest BCUT2D eigenvalue weighted by Crippen LogP contribution is 2.32. The molecule has 5 heteroatoms. The van der Waals surface area contributed by atoms with Gasteiger partial charge in [0.15, 0.2) is 0 Å². The van der Waals surface area contributed by atoms with E-state index >= 15 is 0 Å². The number of rotatable bonds is 4. The molecule has 24 heavy (non-hydrogen) atoms. The van der Waals surface area contributed by atoms with Crippen LogP contribution in [0.5, 0.6) is 0 Å². The van der Waals surface area contributed by atoms with E-state index in [-0.39, 0.29) is 0 Å². The molecule has 0 atom stereocenters. The molecule has 2 N–H and O–H groups in total. The minimum absolute atomic E-state index is 0.320. The molecular formula is C19H19N3O2. The van der Waals surface area contributed by atoms with Gasteiger partial charge in [0.05, 0.1) is 23.9 Å². The van der Waals surface area contributed by atoms with Gasteiger partial charge in [-0.2, -0.15) is 0 Å². The maximum absolute atomic E-state index is 5.97. The van der Waals surface area contributed by atoms with Crippen molar-refractivity contribution in [3.05, 3.63) is 71.3 Å². The number of furan rings is 2. The van der Waals surface area contributed by atoms with E-state index in [2.05, 4.69) is 16.0 Å². The van der Waals surface area contributed by atoms with E-state index in [1.807, 2.05) is 24.3 Å². The zero-order valence-electron chi connectivity index (χ0n) is 13.4. The van der Waals surface area contributed by atoms with Crippen LogP contribution in [0.2, 0.25) is 0 Å². The molecule has 4 rings (SSSR count). The highest BCUT2D eigenvalue weighted by molar-refractivity contribution is 5.68. The average Bonchev–Trinajstić information content (AvgIpc) is 3.26. The Labute approximate surface area is 140 Å². The molecule has 0 saturated heterocycles. The standard InChI is InChI=1S/C19H19N3O2/c20-19-21-17(12-15-6-3-11-24-15)16-7-1-4-13(18(16)22-19)8-9-14-5-2-10-23-14/h2-3,5-6,8,10-11H,1,4,7,9,12H2,(H2,20,21,22)/b13-8+. The van der Waals surface area contributed by atoms with Gasteiger partial charge in [0, 0.05) is 18.4 Å². The van der Waals surface area contributed by atoms with Gasteiger partial charge in [-0.15, -0.1) is 0 Å². The molecule has 3 aromatic heterocycles. The highest BCUT2D eigenvalue weighted by atomic mass is 16.3. The monoisotopic (exact) mass is 321 g/mol. The molecule has 5 nitrogen and oxygen atoms in total. The molecular weight excluding hydrogens is 302 g/mol. The summed E-state index contributed by atoms with van der Waals surface area (Å²) in [6, 6.07) is 7.74. The van der Waals surface area contributed by atoms with Gasteiger partial charge in [0.1, 0.15) is 11.5 Å². The van der Waals surface area contributed by atoms with Gasteiger partial charge in [-0.25, -0.2) is 9.97 Å². The number of aromatic nitrogens is 2. The largest absolute Gasteiger partial charge is 0.469 e. The lowest BCUT2D eigenvalue weighted by Crippen LogP contribution is -2.13. The van der Waals surface area contributed by atoms with Crippen LogP contribution in [0.4, 0.5) is 5.95 Å². The molecule has 0 saturated carbocycles. The van der Waals surface area contributed by atoms with Crippen LogP contribution in [0.3, 0.4) is 0 Å². The second kappa shape index (κ2) is 6.35. The normalized spacial score (nSPS) is 15.6. The van der Waals surface area contributed by atoms with E-state index in [1.165, 1.54) is 11.1 Å². The molecule has 1 aliphatic carbocycles. The third kappa shape index (κ3) is 2.97. The topological polar surface area (TPSA) is 78.1 Å². The first kappa shape index (κ1) is 14.8. The van der Waals surface area contributed by atoms with Crippen LogP contribution >= 0.6 is 0 Å². The SMILES string of the molecule is Nc1nc(Cc2ccco2)c2c(n1)/C(=C/Cc1ccco1)CCC2. The average molecular weight is 321 g/mol. The van der Waals surface area contributed by atoms with Gasteiger partial charge >= 0.3 is 0 Å². The molecule has 3 aromatic rings. The number of nitrogens with two attached hydrogens (primary N) is 1. The first-order valence-electron chi connectivity index (χ1n) is 8.19. The van der Waals surface area contributed by atoms with Crippen LogP contribution in [0.1, 0.15) is 41.3 Å². The number of anilines is 1. The van der Waals surface area contributed by atoms with E-state index < -0.39 is 0 Å². The third-order valence-electron chi connectivity index (χ3n) is 4.34. The number of fused-ring (bicyclic) bond motifs is 1. The third-order valence-corrected chi connectivity index (χ3v) is 4.34. The van der Waals surface area contributed by atoms with Crippen molar-refractivity contribution in [1.82, 2.24) is 9.97 Å². The smallest absolute Gasteiger partial charge is 0.220 e. The number of hydrogen-bond acceptors (Lipinski definition) is 5. The molecule has 0 aliphatic heterocycles. The summed E-state index contributed by atoms with van der Waals surface area (Å²) in [4.78, 5) is 8.99. The van der Waals surface area contributed by atoms with Gasteiger partial charge in [-0.05, 0) is 49.1 Å². The fraction of sp³-hybridized carbons (Fsp3) is 0.263. The highest BCUT2D eigenvalue weighted by Gasteiger charge is 2.21. The molecule has 3 heterocycles. The lowest BCUT2D eigenvalue weighted by Gasteiger charge is -2.20. The van der Waals surface area contributed by atoms with Gasteiger partial charge in [0.2, 0.25) is 5.95 Å². The number of nitrogen functional groups attached to an aromatic ring is 1. The summed E-state index contributed by atoms with van der Waals surface area (Å²) in [5.74, 6) is 2.16. The van der Waals surface area contributed by atoms with Crippen molar-refractivity contribution in [3.8, 4) is 0 Å². The summed E-state index contributed by atoms with van der Waals surface area (Å²) in [6.45, 7) is 0. The Kier molecular flexibility index (Phi) is 3.91. The zero-order valence-corrected chi connectivity index (χ0v) is 13.4. The van der Waals surface area contributed by atoms with Gasteiger partial charge < -0.3 is 14.6 Å². The molecule has 0 fully saturated rings. The number of allylic oxidation sites excluding steroid dienone is 2. The van der Waals surface area contributed by atoms with E-state index in [4.69, 9.17) is 14.6 Å². The maximum atomic E-state index is 5.97. The van der Waals surface area contributed by atoms with Gasteiger partial charge in [-0.3, -0.25) is 0 Å². The van der Waals surface area contributed by atoms with Crippen LogP contribution in [-0.2, 0) is 19.3 Å². The Balaban J connectivity index is 1.69. The molecule has 122 valence electrons. The van der Waals surface area contributed by atoms with Crippen molar-refractivity contribution < 1.29 is 8.83 Å². The van der Waals surface area contributed by atoms with Crippen molar-refractivity contribution in [1.29, 1.82) is 0 Å². The van der Waals surface area contributed by atoms with Crippen molar-refractivity contribution in [3.63, 3.8) is 0 Å². The molecule has 0 aromatic carbocycles. The first-order chi connectivity index (χ1) is 11.8. The lowest BCUT2D eigenvalue weighted by molar-refractivity contribution is 0.518. The Morgan fingerprint density at radius 3 is 2.58 bits per heavy atom. The van der Waals surface area contributed by atoms with Crippen LogP contribution in [0, 0.1) is 0 Å². The second-order valence-corrected chi connectivity index (χ2v) is 5.98. The van der Waals surface area contributed by atoms with Crippen LogP contribution < -0.4 is 5.73 Å².